The summed E-state index contributed by atoms with van der Waals surface area (Å²) in [6, 6.07) is 6.50. The van der Waals surface area contributed by atoms with Gasteiger partial charge in [0.15, 0.2) is 5.82 Å². The number of fused-ring (bicyclic) bond motifs is 1. The third-order valence-electron chi connectivity index (χ3n) is 4.77. The lowest BCUT2D eigenvalue weighted by molar-refractivity contribution is 0.480. The van der Waals surface area contributed by atoms with Crippen molar-refractivity contribution in [3.8, 4) is 0 Å². The van der Waals surface area contributed by atoms with Crippen LogP contribution in [-0.2, 0) is 0 Å². The summed E-state index contributed by atoms with van der Waals surface area (Å²) in [5.74, 6) is 2.60. The Bertz CT molecular complexity index is 872. The molecular formula is C17H22N8. The fraction of sp³-hybridized carbons (Fsp3) is 0.471. The van der Waals surface area contributed by atoms with Gasteiger partial charge >= 0.3 is 0 Å². The van der Waals surface area contributed by atoms with Crippen LogP contribution in [0.4, 0.5) is 11.6 Å². The third-order valence-corrected chi connectivity index (χ3v) is 4.77. The van der Waals surface area contributed by atoms with Crippen molar-refractivity contribution in [1.82, 2.24) is 29.8 Å². The predicted molar refractivity (Wildman–Crippen MR) is 95.9 cm³/mol. The van der Waals surface area contributed by atoms with Crippen molar-refractivity contribution in [2.24, 2.45) is 0 Å². The maximum atomic E-state index is 4.43. The van der Waals surface area contributed by atoms with Crippen LogP contribution in [0.5, 0.6) is 0 Å². The number of hydrogen-bond donors (Lipinski definition) is 0. The molecule has 1 aliphatic heterocycles. The highest BCUT2D eigenvalue weighted by Gasteiger charge is 2.26. The number of hydrogen-bond acceptors (Lipinski definition) is 7. The molecule has 0 bridgehead atoms. The van der Waals surface area contributed by atoms with E-state index in [4.69, 9.17) is 0 Å². The molecule has 1 unspecified atom stereocenters. The Morgan fingerprint density at radius 2 is 2.04 bits per heavy atom. The van der Waals surface area contributed by atoms with E-state index in [1.165, 1.54) is 0 Å². The molecule has 4 heterocycles. The fourth-order valence-electron chi connectivity index (χ4n) is 3.39. The van der Waals surface area contributed by atoms with Crippen molar-refractivity contribution < 1.29 is 0 Å². The smallest absolute Gasteiger partial charge is 0.254 e. The molecule has 3 aromatic heterocycles. The minimum absolute atomic E-state index is 0.367. The normalized spacial score (nSPS) is 17.9. The van der Waals surface area contributed by atoms with Crippen molar-refractivity contribution in [2.75, 3.05) is 29.9 Å². The lowest BCUT2D eigenvalue weighted by Gasteiger charge is -2.38. The highest BCUT2D eigenvalue weighted by atomic mass is 15.4. The summed E-state index contributed by atoms with van der Waals surface area (Å²) in [7, 11) is 2.12. The van der Waals surface area contributed by atoms with Gasteiger partial charge in [-0.05, 0) is 38.8 Å². The molecule has 25 heavy (non-hydrogen) atoms. The molecule has 0 aliphatic carbocycles. The number of aromatic nitrogens is 6. The van der Waals surface area contributed by atoms with Gasteiger partial charge in [-0.1, -0.05) is 0 Å². The molecule has 130 valence electrons. The number of piperidine rings is 1. The van der Waals surface area contributed by atoms with Crippen molar-refractivity contribution >= 4 is 17.4 Å². The molecule has 0 saturated carbocycles. The van der Waals surface area contributed by atoms with Gasteiger partial charge in [-0.25, -0.2) is 4.98 Å². The van der Waals surface area contributed by atoms with Crippen LogP contribution in [0.1, 0.15) is 24.2 Å². The van der Waals surface area contributed by atoms with Gasteiger partial charge in [-0.15, -0.1) is 5.10 Å². The van der Waals surface area contributed by atoms with Gasteiger partial charge in [-0.2, -0.15) is 19.7 Å². The predicted octanol–water partition coefficient (Wildman–Crippen LogP) is 1.64. The van der Waals surface area contributed by atoms with Crippen molar-refractivity contribution in [1.29, 1.82) is 0 Å². The van der Waals surface area contributed by atoms with Crippen LogP contribution in [0.3, 0.4) is 0 Å². The summed E-state index contributed by atoms with van der Waals surface area (Å²) in [5.41, 5.74) is 1.88. The first-order valence-corrected chi connectivity index (χ1v) is 8.57. The van der Waals surface area contributed by atoms with E-state index in [0.717, 1.165) is 49.0 Å². The Morgan fingerprint density at radius 1 is 1.16 bits per heavy atom. The highest BCUT2D eigenvalue weighted by Crippen LogP contribution is 2.24. The molecule has 0 aromatic carbocycles. The van der Waals surface area contributed by atoms with E-state index < -0.39 is 0 Å². The lowest BCUT2D eigenvalue weighted by Crippen LogP contribution is -2.47. The van der Waals surface area contributed by atoms with Gasteiger partial charge in [0.2, 0.25) is 0 Å². The summed E-state index contributed by atoms with van der Waals surface area (Å²) in [6.07, 6.45) is 3.80. The zero-order chi connectivity index (χ0) is 17.4. The molecule has 8 heteroatoms. The number of anilines is 2. The zero-order valence-corrected chi connectivity index (χ0v) is 14.8. The minimum atomic E-state index is 0.367. The second-order valence-electron chi connectivity index (χ2n) is 6.61. The van der Waals surface area contributed by atoms with Crippen LogP contribution in [0.25, 0.3) is 5.78 Å². The van der Waals surface area contributed by atoms with E-state index in [9.17, 15) is 0 Å². The van der Waals surface area contributed by atoms with Crippen LogP contribution in [0.2, 0.25) is 0 Å². The molecule has 0 N–H and O–H groups in total. The molecule has 8 nitrogen and oxygen atoms in total. The SMILES string of the molecule is Cc1ccc(N2CCCC(N(C)c3cc(C)nc4ncnn34)C2)nn1. The molecule has 0 spiro atoms. The minimum Gasteiger partial charge on any atom is -0.355 e. The van der Waals surface area contributed by atoms with Crippen LogP contribution in [-0.4, -0.2) is 56.0 Å². The van der Waals surface area contributed by atoms with Crippen molar-refractivity contribution in [3.05, 3.63) is 35.9 Å². The zero-order valence-electron chi connectivity index (χ0n) is 14.8. The van der Waals surface area contributed by atoms with Gasteiger partial charge in [0.25, 0.3) is 5.78 Å². The van der Waals surface area contributed by atoms with E-state index in [2.05, 4.69) is 54.2 Å². The first-order valence-electron chi connectivity index (χ1n) is 8.57. The van der Waals surface area contributed by atoms with Gasteiger partial charge in [-0.3, -0.25) is 0 Å². The van der Waals surface area contributed by atoms with E-state index in [-0.39, 0.29) is 0 Å². The number of aryl methyl sites for hydroxylation is 2. The van der Waals surface area contributed by atoms with Gasteiger partial charge in [0.1, 0.15) is 12.1 Å². The van der Waals surface area contributed by atoms with Crippen LogP contribution < -0.4 is 9.80 Å². The Labute approximate surface area is 146 Å². The number of likely N-dealkylation sites (N-methyl/N-ethyl adjacent to an activating group) is 1. The second-order valence-corrected chi connectivity index (χ2v) is 6.61. The topological polar surface area (TPSA) is 75.3 Å². The molecule has 4 rings (SSSR count). The molecule has 1 atom stereocenters. The van der Waals surface area contributed by atoms with Gasteiger partial charge in [0.05, 0.1) is 5.69 Å². The number of rotatable bonds is 3. The summed E-state index contributed by atoms with van der Waals surface area (Å²) in [6.45, 7) is 5.86. The molecule has 0 radical (unpaired) electrons. The summed E-state index contributed by atoms with van der Waals surface area (Å²) in [4.78, 5) is 13.2. The molecule has 3 aromatic rings. The fourth-order valence-corrected chi connectivity index (χ4v) is 3.39. The average molecular weight is 338 g/mol. The third kappa shape index (κ3) is 2.99. The summed E-state index contributed by atoms with van der Waals surface area (Å²) < 4.78 is 1.80. The summed E-state index contributed by atoms with van der Waals surface area (Å²) in [5, 5.41) is 12.9. The van der Waals surface area contributed by atoms with Gasteiger partial charge in [0, 0.05) is 37.9 Å². The molecule has 1 saturated heterocycles. The van der Waals surface area contributed by atoms with Crippen LogP contribution in [0, 0.1) is 13.8 Å². The Morgan fingerprint density at radius 3 is 2.84 bits per heavy atom. The number of nitrogens with zero attached hydrogens (tertiary/aromatic N) is 8. The van der Waals surface area contributed by atoms with Crippen molar-refractivity contribution in [3.63, 3.8) is 0 Å². The van der Waals surface area contributed by atoms with E-state index in [0.29, 0.717) is 11.8 Å². The van der Waals surface area contributed by atoms with E-state index in [1.807, 2.05) is 19.9 Å². The molecular weight excluding hydrogens is 316 g/mol. The standard InChI is InChI=1S/C17H22N8/c1-12-6-7-15(22-21-12)24-8-4-5-14(10-24)23(3)16-9-13(2)20-17-18-11-19-25(16)17/h6-7,9,11,14H,4-5,8,10H2,1-3H3. The lowest BCUT2D eigenvalue weighted by atomic mass is 10.0. The molecule has 1 aliphatic rings. The molecule has 0 amide bonds. The van der Waals surface area contributed by atoms with Gasteiger partial charge < -0.3 is 9.80 Å². The largest absolute Gasteiger partial charge is 0.355 e. The maximum Gasteiger partial charge on any atom is 0.254 e. The second kappa shape index (κ2) is 6.27. The van der Waals surface area contributed by atoms with E-state index >= 15 is 0 Å². The monoisotopic (exact) mass is 338 g/mol. The van der Waals surface area contributed by atoms with E-state index in [1.54, 1.807) is 10.8 Å². The Kier molecular flexibility index (Phi) is 3.95. The van der Waals surface area contributed by atoms with Crippen LogP contribution >= 0.6 is 0 Å². The van der Waals surface area contributed by atoms with Crippen LogP contribution in [0.15, 0.2) is 24.5 Å². The molecule has 1 fully saturated rings. The first kappa shape index (κ1) is 15.7. The quantitative estimate of drug-likeness (QED) is 0.718. The average Bonchev–Trinajstić information content (AvgIpc) is 3.09. The summed E-state index contributed by atoms with van der Waals surface area (Å²) >= 11 is 0. The van der Waals surface area contributed by atoms with Crippen molar-refractivity contribution in [2.45, 2.75) is 32.7 Å². The Hall–Kier alpha value is -2.77. The first-order chi connectivity index (χ1) is 12.1. The highest BCUT2D eigenvalue weighted by molar-refractivity contribution is 5.48. The Balaban J connectivity index is 1.60. The maximum absolute atomic E-state index is 4.43.